The summed E-state index contributed by atoms with van der Waals surface area (Å²) in [5.74, 6) is 0.259. The Hall–Kier alpha value is -2.83. The van der Waals surface area contributed by atoms with Gasteiger partial charge in [0.25, 0.3) is 11.8 Å². The number of anilines is 1. The average Bonchev–Trinajstić information content (AvgIpc) is 3.62. The molecule has 3 aromatic rings. The molecule has 1 aliphatic rings. The van der Waals surface area contributed by atoms with Crippen molar-refractivity contribution in [2.75, 3.05) is 18.1 Å². The second kappa shape index (κ2) is 9.54. The van der Waals surface area contributed by atoms with Crippen molar-refractivity contribution in [3.05, 3.63) is 76.9 Å². The van der Waals surface area contributed by atoms with Crippen LogP contribution in [-0.2, 0) is 0 Å². The number of rotatable bonds is 7. The van der Waals surface area contributed by atoms with E-state index in [9.17, 15) is 9.59 Å². The molecule has 4 rings (SSSR count). The number of carbonyl (C=O) groups excluding carboxylic acids is 2. The molecule has 0 radical (unpaired) electrons. The molecule has 0 atom stereocenters. The standard InChI is InChI=1S/C24H22ClN3O2S/c1-31-19-8-9-20(21(25)12-19)24(30)28-18-4-2-3-16(11-18)22-10-7-17(14-26-22)23(29)27-13-15-5-6-15/h2-4,7-12,14-15H,5-6,13H2,1H3,(H,27,29)(H,28,30). The maximum absolute atomic E-state index is 12.7. The third-order valence-electron chi connectivity index (χ3n) is 5.11. The Morgan fingerprint density at radius 3 is 2.61 bits per heavy atom. The largest absolute Gasteiger partial charge is 0.352 e. The average molecular weight is 452 g/mol. The lowest BCUT2D eigenvalue weighted by molar-refractivity contribution is 0.0950. The fraction of sp³-hybridized carbons (Fsp3) is 0.208. The Kier molecular flexibility index (Phi) is 6.59. The number of nitrogens with zero attached hydrogens (tertiary/aromatic N) is 1. The van der Waals surface area contributed by atoms with Gasteiger partial charge in [0.1, 0.15) is 0 Å². The molecular weight excluding hydrogens is 430 g/mol. The lowest BCUT2D eigenvalue weighted by Gasteiger charge is -2.10. The summed E-state index contributed by atoms with van der Waals surface area (Å²) >= 11 is 7.83. The summed E-state index contributed by atoms with van der Waals surface area (Å²) in [5, 5.41) is 6.24. The van der Waals surface area contributed by atoms with Gasteiger partial charge in [-0.05, 0) is 67.5 Å². The van der Waals surface area contributed by atoms with Crippen molar-refractivity contribution in [3.63, 3.8) is 0 Å². The van der Waals surface area contributed by atoms with Gasteiger partial charge < -0.3 is 10.6 Å². The first-order valence-corrected chi connectivity index (χ1v) is 11.6. The fourth-order valence-electron chi connectivity index (χ4n) is 3.12. The smallest absolute Gasteiger partial charge is 0.257 e. The van der Waals surface area contributed by atoms with Crippen molar-refractivity contribution in [2.45, 2.75) is 17.7 Å². The maximum Gasteiger partial charge on any atom is 0.257 e. The monoisotopic (exact) mass is 451 g/mol. The highest BCUT2D eigenvalue weighted by atomic mass is 35.5. The first kappa shape index (κ1) is 21.4. The molecule has 2 amide bonds. The molecule has 1 heterocycles. The first-order valence-electron chi connectivity index (χ1n) is 10.0. The Labute approximate surface area is 190 Å². The van der Waals surface area contributed by atoms with Crippen LogP contribution >= 0.6 is 23.4 Å². The second-order valence-electron chi connectivity index (χ2n) is 7.47. The molecule has 1 aliphatic carbocycles. The van der Waals surface area contributed by atoms with Crippen molar-refractivity contribution >= 4 is 40.9 Å². The molecule has 0 bridgehead atoms. The maximum atomic E-state index is 12.7. The third kappa shape index (κ3) is 5.46. The fourth-order valence-corrected chi connectivity index (χ4v) is 3.89. The zero-order valence-electron chi connectivity index (χ0n) is 17.0. The van der Waals surface area contributed by atoms with E-state index in [1.165, 1.54) is 12.8 Å². The molecule has 7 heteroatoms. The molecule has 31 heavy (non-hydrogen) atoms. The van der Waals surface area contributed by atoms with Crippen molar-refractivity contribution in [2.24, 2.45) is 5.92 Å². The third-order valence-corrected chi connectivity index (χ3v) is 6.15. The van der Waals surface area contributed by atoms with Gasteiger partial charge in [-0.1, -0.05) is 23.7 Å². The van der Waals surface area contributed by atoms with Gasteiger partial charge in [0.2, 0.25) is 0 Å². The number of benzene rings is 2. The minimum absolute atomic E-state index is 0.101. The van der Waals surface area contributed by atoms with Crippen LogP contribution in [0.4, 0.5) is 5.69 Å². The van der Waals surface area contributed by atoms with E-state index in [1.807, 2.05) is 42.7 Å². The molecular formula is C24H22ClN3O2S. The van der Waals surface area contributed by atoms with Crippen LogP contribution in [0, 0.1) is 5.92 Å². The molecule has 0 unspecified atom stereocenters. The van der Waals surface area contributed by atoms with Crippen LogP contribution in [-0.4, -0.2) is 29.6 Å². The van der Waals surface area contributed by atoms with E-state index >= 15 is 0 Å². The summed E-state index contributed by atoms with van der Waals surface area (Å²) in [6.45, 7) is 0.729. The zero-order chi connectivity index (χ0) is 21.8. The van der Waals surface area contributed by atoms with E-state index in [0.717, 1.165) is 22.7 Å². The Morgan fingerprint density at radius 2 is 1.94 bits per heavy atom. The van der Waals surface area contributed by atoms with Crippen LogP contribution in [0.1, 0.15) is 33.6 Å². The van der Waals surface area contributed by atoms with Crippen molar-refractivity contribution in [3.8, 4) is 11.3 Å². The molecule has 1 aromatic heterocycles. The quantitative estimate of drug-likeness (QED) is 0.464. The summed E-state index contributed by atoms with van der Waals surface area (Å²) in [5.41, 5.74) is 3.16. The highest BCUT2D eigenvalue weighted by Crippen LogP contribution is 2.28. The predicted molar refractivity (Wildman–Crippen MR) is 126 cm³/mol. The van der Waals surface area contributed by atoms with Gasteiger partial charge in [0.15, 0.2) is 0 Å². The van der Waals surface area contributed by atoms with Crippen LogP contribution in [0.5, 0.6) is 0 Å². The van der Waals surface area contributed by atoms with E-state index in [1.54, 1.807) is 36.2 Å². The summed E-state index contributed by atoms with van der Waals surface area (Å²) < 4.78 is 0. The Morgan fingerprint density at radius 1 is 1.10 bits per heavy atom. The molecule has 2 aromatic carbocycles. The number of thioether (sulfide) groups is 1. The Bertz CT molecular complexity index is 1110. The SMILES string of the molecule is CSc1ccc(C(=O)Nc2cccc(-c3ccc(C(=O)NCC4CC4)cn3)c2)c(Cl)c1. The van der Waals surface area contributed by atoms with Crippen molar-refractivity contribution in [1.82, 2.24) is 10.3 Å². The van der Waals surface area contributed by atoms with Gasteiger partial charge in [-0.25, -0.2) is 0 Å². The Balaban J connectivity index is 1.45. The van der Waals surface area contributed by atoms with Gasteiger partial charge in [-0.2, -0.15) is 0 Å². The van der Waals surface area contributed by atoms with Crippen LogP contribution in [0.15, 0.2) is 65.7 Å². The molecule has 1 fully saturated rings. The molecule has 5 nitrogen and oxygen atoms in total. The highest BCUT2D eigenvalue weighted by molar-refractivity contribution is 7.98. The van der Waals surface area contributed by atoms with Gasteiger partial charge in [0.05, 0.1) is 21.8 Å². The van der Waals surface area contributed by atoms with E-state index in [-0.39, 0.29) is 11.8 Å². The van der Waals surface area contributed by atoms with Crippen LogP contribution < -0.4 is 10.6 Å². The molecule has 158 valence electrons. The minimum atomic E-state index is -0.273. The summed E-state index contributed by atoms with van der Waals surface area (Å²) in [6.07, 6.45) is 5.92. The van der Waals surface area contributed by atoms with E-state index in [2.05, 4.69) is 15.6 Å². The summed E-state index contributed by atoms with van der Waals surface area (Å²) in [6, 6.07) is 16.4. The van der Waals surface area contributed by atoms with Crippen molar-refractivity contribution < 1.29 is 9.59 Å². The molecule has 0 spiro atoms. The van der Waals surface area contributed by atoms with Gasteiger partial charge in [0, 0.05) is 28.9 Å². The van der Waals surface area contributed by atoms with E-state index in [0.29, 0.717) is 27.8 Å². The number of halogens is 1. The van der Waals surface area contributed by atoms with Crippen LogP contribution in [0.3, 0.4) is 0 Å². The van der Waals surface area contributed by atoms with E-state index in [4.69, 9.17) is 11.6 Å². The minimum Gasteiger partial charge on any atom is -0.352 e. The number of nitrogens with one attached hydrogen (secondary N) is 2. The number of pyridine rings is 1. The lowest BCUT2D eigenvalue weighted by atomic mass is 10.1. The molecule has 0 saturated heterocycles. The topological polar surface area (TPSA) is 71.1 Å². The van der Waals surface area contributed by atoms with Gasteiger partial charge in [-0.15, -0.1) is 11.8 Å². The number of hydrogen-bond acceptors (Lipinski definition) is 4. The first-order chi connectivity index (χ1) is 15.0. The summed E-state index contributed by atoms with van der Waals surface area (Å²) in [4.78, 5) is 30.3. The molecule has 0 aliphatic heterocycles. The number of carbonyl (C=O) groups is 2. The number of hydrogen-bond donors (Lipinski definition) is 2. The second-order valence-corrected chi connectivity index (χ2v) is 8.75. The van der Waals surface area contributed by atoms with E-state index < -0.39 is 0 Å². The summed E-state index contributed by atoms with van der Waals surface area (Å²) in [7, 11) is 0. The van der Waals surface area contributed by atoms with Crippen molar-refractivity contribution in [1.29, 1.82) is 0 Å². The highest BCUT2D eigenvalue weighted by Gasteiger charge is 2.22. The molecule has 1 saturated carbocycles. The molecule has 2 N–H and O–H groups in total. The number of aromatic nitrogens is 1. The van der Waals surface area contributed by atoms with Crippen LogP contribution in [0.2, 0.25) is 5.02 Å². The predicted octanol–water partition coefficient (Wildman–Crippen LogP) is 5.52. The van der Waals surface area contributed by atoms with Gasteiger partial charge in [-0.3, -0.25) is 14.6 Å². The van der Waals surface area contributed by atoms with Gasteiger partial charge >= 0.3 is 0 Å². The lowest BCUT2D eigenvalue weighted by Crippen LogP contribution is -2.25. The normalized spacial score (nSPS) is 13.0. The zero-order valence-corrected chi connectivity index (χ0v) is 18.6. The van der Waals surface area contributed by atoms with Crippen LogP contribution in [0.25, 0.3) is 11.3 Å². The number of amides is 2.